The maximum absolute atomic E-state index is 12.9. The molecule has 2 heterocycles. The molecule has 4 rings (SSSR count). The topological polar surface area (TPSA) is 69.3 Å². The molecule has 32 heavy (non-hydrogen) atoms. The second-order valence-corrected chi connectivity index (χ2v) is 8.13. The number of methoxy groups -OCH3 is 3. The zero-order chi connectivity index (χ0) is 23.0. The van der Waals surface area contributed by atoms with E-state index in [1.54, 1.807) is 14.2 Å². The van der Waals surface area contributed by atoms with Gasteiger partial charge in [0.15, 0.2) is 5.11 Å². The number of esters is 1. The normalized spacial score (nSPS) is 19.8. The number of thiocarbonyl (C=S) groups is 1. The van der Waals surface area contributed by atoms with Gasteiger partial charge >= 0.3 is 5.97 Å². The van der Waals surface area contributed by atoms with Crippen LogP contribution in [0.4, 0.5) is 5.69 Å². The standard InChI is InChI=1S/C24H26N2O5S/c1-13-10-15-11-20(29-4)18(12-19(15)31-13)22-21(23(27)30-5)14(2)26(24(32)25-22)16-6-8-17(28-3)9-7-16/h6-9,11-13,22H,10H2,1-5H3,(H,25,32)/t13-,22+/m0/s1. The number of rotatable bonds is 5. The molecule has 0 spiro atoms. The van der Waals surface area contributed by atoms with Gasteiger partial charge in [-0.25, -0.2) is 4.79 Å². The average molecular weight is 455 g/mol. The molecule has 0 amide bonds. The Balaban J connectivity index is 1.84. The summed E-state index contributed by atoms with van der Waals surface area (Å²) in [5, 5.41) is 3.77. The molecule has 0 bridgehead atoms. The molecule has 8 heteroatoms. The predicted octanol–water partition coefficient (Wildman–Crippen LogP) is 3.91. The van der Waals surface area contributed by atoms with Crippen LogP contribution in [0.2, 0.25) is 0 Å². The summed E-state index contributed by atoms with van der Waals surface area (Å²) in [5.41, 5.74) is 3.76. The molecular weight excluding hydrogens is 428 g/mol. The number of carbonyl (C=O) groups is 1. The van der Waals surface area contributed by atoms with Crippen molar-refractivity contribution in [3.05, 3.63) is 58.8 Å². The van der Waals surface area contributed by atoms with E-state index >= 15 is 0 Å². The number of nitrogens with zero attached hydrogens (tertiary/aromatic N) is 1. The molecule has 2 atom stereocenters. The number of hydrogen-bond donors (Lipinski definition) is 1. The molecule has 1 N–H and O–H groups in total. The average Bonchev–Trinajstić information content (AvgIpc) is 3.16. The molecule has 0 radical (unpaired) electrons. The molecule has 2 aliphatic rings. The minimum Gasteiger partial charge on any atom is -0.497 e. The predicted molar refractivity (Wildman–Crippen MR) is 125 cm³/mol. The number of fused-ring (bicyclic) bond motifs is 1. The van der Waals surface area contributed by atoms with Gasteiger partial charge in [-0.05, 0) is 62.5 Å². The van der Waals surface area contributed by atoms with Crippen molar-refractivity contribution in [1.82, 2.24) is 5.32 Å². The fourth-order valence-corrected chi connectivity index (χ4v) is 4.61. The summed E-state index contributed by atoms with van der Waals surface area (Å²) in [5.74, 6) is 1.74. The van der Waals surface area contributed by atoms with E-state index in [0.29, 0.717) is 22.1 Å². The summed E-state index contributed by atoms with van der Waals surface area (Å²) in [6.45, 7) is 3.88. The Kier molecular flexibility index (Phi) is 5.97. The highest BCUT2D eigenvalue weighted by Crippen LogP contribution is 2.42. The van der Waals surface area contributed by atoms with E-state index in [1.807, 2.05) is 55.1 Å². The SMILES string of the molecule is COC(=O)C1=C(C)N(c2ccc(OC)cc2)C(=S)N[C@@H]1c1cc2c(cc1OC)C[C@H](C)O2. The first-order valence-electron chi connectivity index (χ1n) is 10.3. The largest absolute Gasteiger partial charge is 0.497 e. The molecule has 0 saturated heterocycles. The van der Waals surface area contributed by atoms with Crippen molar-refractivity contribution in [3.8, 4) is 17.2 Å². The lowest BCUT2D eigenvalue weighted by molar-refractivity contribution is -0.136. The lowest BCUT2D eigenvalue weighted by atomic mass is 9.92. The van der Waals surface area contributed by atoms with Crippen LogP contribution in [0.5, 0.6) is 17.2 Å². The third kappa shape index (κ3) is 3.75. The van der Waals surface area contributed by atoms with E-state index < -0.39 is 12.0 Å². The first kappa shape index (κ1) is 22.0. The molecule has 0 unspecified atom stereocenters. The van der Waals surface area contributed by atoms with Gasteiger partial charge in [0.25, 0.3) is 0 Å². The number of allylic oxidation sites excluding steroid dienone is 1. The van der Waals surface area contributed by atoms with Crippen LogP contribution in [-0.2, 0) is 16.0 Å². The van der Waals surface area contributed by atoms with Crippen molar-refractivity contribution >= 4 is 29.0 Å². The van der Waals surface area contributed by atoms with Gasteiger partial charge in [-0.2, -0.15) is 0 Å². The summed E-state index contributed by atoms with van der Waals surface area (Å²) in [4.78, 5) is 14.8. The van der Waals surface area contributed by atoms with Crippen LogP contribution in [0, 0.1) is 0 Å². The van der Waals surface area contributed by atoms with Crippen molar-refractivity contribution in [2.24, 2.45) is 0 Å². The zero-order valence-corrected chi connectivity index (χ0v) is 19.5. The van der Waals surface area contributed by atoms with E-state index in [9.17, 15) is 4.79 Å². The van der Waals surface area contributed by atoms with Crippen LogP contribution in [0.3, 0.4) is 0 Å². The van der Waals surface area contributed by atoms with E-state index in [-0.39, 0.29) is 6.10 Å². The molecule has 2 aromatic carbocycles. The summed E-state index contributed by atoms with van der Waals surface area (Å²) in [7, 11) is 4.60. The van der Waals surface area contributed by atoms with Crippen LogP contribution in [0.1, 0.15) is 31.0 Å². The van der Waals surface area contributed by atoms with E-state index in [2.05, 4.69) is 5.32 Å². The van der Waals surface area contributed by atoms with E-state index in [1.165, 1.54) is 7.11 Å². The third-order valence-electron chi connectivity index (χ3n) is 5.78. The summed E-state index contributed by atoms with van der Waals surface area (Å²) < 4.78 is 22.0. The van der Waals surface area contributed by atoms with Crippen molar-refractivity contribution in [2.75, 3.05) is 26.2 Å². The number of ether oxygens (including phenoxy) is 4. The van der Waals surface area contributed by atoms with Crippen LogP contribution < -0.4 is 24.4 Å². The minimum absolute atomic E-state index is 0.0910. The third-order valence-corrected chi connectivity index (χ3v) is 6.08. The highest BCUT2D eigenvalue weighted by atomic mass is 32.1. The Bertz CT molecular complexity index is 1100. The number of carbonyl (C=O) groups excluding carboxylic acids is 1. The molecule has 0 aliphatic carbocycles. The number of benzene rings is 2. The first-order chi connectivity index (χ1) is 15.4. The van der Waals surface area contributed by atoms with Gasteiger partial charge < -0.3 is 24.3 Å². The summed E-state index contributed by atoms with van der Waals surface area (Å²) in [6.07, 6.45) is 0.903. The highest BCUT2D eigenvalue weighted by molar-refractivity contribution is 7.80. The quantitative estimate of drug-likeness (QED) is 0.539. The second kappa shape index (κ2) is 8.70. The Hall–Kier alpha value is -3.26. The van der Waals surface area contributed by atoms with Gasteiger partial charge in [0, 0.05) is 28.9 Å². The maximum Gasteiger partial charge on any atom is 0.337 e. The van der Waals surface area contributed by atoms with Crippen molar-refractivity contribution in [2.45, 2.75) is 32.4 Å². The van der Waals surface area contributed by atoms with Crippen LogP contribution in [0.15, 0.2) is 47.7 Å². The number of hydrogen-bond acceptors (Lipinski definition) is 6. The van der Waals surface area contributed by atoms with Gasteiger partial charge in [-0.15, -0.1) is 0 Å². The molecule has 0 aromatic heterocycles. The lowest BCUT2D eigenvalue weighted by Crippen LogP contribution is -2.48. The molecule has 168 valence electrons. The zero-order valence-electron chi connectivity index (χ0n) is 18.7. The van der Waals surface area contributed by atoms with Gasteiger partial charge in [-0.1, -0.05) is 0 Å². The molecule has 2 aromatic rings. The van der Waals surface area contributed by atoms with E-state index in [0.717, 1.165) is 34.7 Å². The number of nitrogens with one attached hydrogen (secondary N) is 1. The van der Waals surface area contributed by atoms with Crippen molar-refractivity contribution in [1.29, 1.82) is 0 Å². The van der Waals surface area contributed by atoms with Gasteiger partial charge in [-0.3, -0.25) is 4.90 Å². The minimum atomic E-state index is -0.552. The fraction of sp³-hybridized carbons (Fsp3) is 0.333. The molecule has 0 saturated carbocycles. The second-order valence-electron chi connectivity index (χ2n) is 7.74. The smallest absolute Gasteiger partial charge is 0.337 e. The lowest BCUT2D eigenvalue weighted by Gasteiger charge is -2.37. The Morgan fingerprint density at radius 1 is 1.16 bits per heavy atom. The van der Waals surface area contributed by atoms with Crippen LogP contribution >= 0.6 is 12.2 Å². The van der Waals surface area contributed by atoms with Gasteiger partial charge in [0.2, 0.25) is 0 Å². The molecule has 2 aliphatic heterocycles. The van der Waals surface area contributed by atoms with Crippen molar-refractivity contribution < 1.29 is 23.7 Å². The first-order valence-corrected chi connectivity index (χ1v) is 10.7. The van der Waals surface area contributed by atoms with Crippen LogP contribution in [-0.4, -0.2) is 38.5 Å². The summed E-state index contributed by atoms with van der Waals surface area (Å²) >= 11 is 5.72. The van der Waals surface area contributed by atoms with E-state index in [4.69, 9.17) is 31.2 Å². The Labute approximate surface area is 192 Å². The molecule has 7 nitrogen and oxygen atoms in total. The van der Waals surface area contributed by atoms with Gasteiger partial charge in [0.1, 0.15) is 23.4 Å². The Morgan fingerprint density at radius 3 is 2.50 bits per heavy atom. The molecular formula is C24H26N2O5S. The molecule has 0 fully saturated rings. The Morgan fingerprint density at radius 2 is 1.88 bits per heavy atom. The fourth-order valence-electron chi connectivity index (χ4n) is 4.25. The van der Waals surface area contributed by atoms with Gasteiger partial charge in [0.05, 0.1) is 32.9 Å². The monoisotopic (exact) mass is 454 g/mol. The van der Waals surface area contributed by atoms with Crippen LogP contribution in [0.25, 0.3) is 0 Å². The van der Waals surface area contributed by atoms with Crippen molar-refractivity contribution in [3.63, 3.8) is 0 Å². The number of anilines is 1. The highest BCUT2D eigenvalue weighted by Gasteiger charge is 2.37. The summed E-state index contributed by atoms with van der Waals surface area (Å²) in [6, 6.07) is 10.8. The maximum atomic E-state index is 12.9.